The van der Waals surface area contributed by atoms with E-state index < -0.39 is 0 Å². The van der Waals surface area contributed by atoms with Crippen LogP contribution in [0, 0.1) is 0 Å². The highest BCUT2D eigenvalue weighted by Gasteiger charge is 2.20. The third-order valence-electron chi connectivity index (χ3n) is 4.87. The fourth-order valence-electron chi connectivity index (χ4n) is 3.27. The van der Waals surface area contributed by atoms with E-state index in [9.17, 15) is 9.59 Å². The molecule has 0 saturated carbocycles. The third-order valence-corrected chi connectivity index (χ3v) is 4.87. The van der Waals surface area contributed by atoms with Gasteiger partial charge in [0.15, 0.2) is 0 Å². The molecule has 0 radical (unpaired) electrons. The van der Waals surface area contributed by atoms with Crippen LogP contribution < -0.4 is 5.56 Å². The van der Waals surface area contributed by atoms with Crippen LogP contribution in [0.4, 0.5) is 0 Å². The van der Waals surface area contributed by atoms with Gasteiger partial charge in [-0.05, 0) is 42.4 Å². The van der Waals surface area contributed by atoms with Crippen LogP contribution >= 0.6 is 0 Å². The van der Waals surface area contributed by atoms with Crippen LogP contribution in [0.25, 0.3) is 22.0 Å². The lowest BCUT2D eigenvalue weighted by atomic mass is 10.0. The Morgan fingerprint density at radius 3 is 2.62 bits per heavy atom. The first kappa shape index (κ1) is 16.5. The van der Waals surface area contributed by atoms with E-state index in [0.29, 0.717) is 16.5 Å². The zero-order valence-corrected chi connectivity index (χ0v) is 14.6. The van der Waals surface area contributed by atoms with E-state index >= 15 is 0 Å². The highest BCUT2D eigenvalue weighted by Crippen LogP contribution is 2.23. The summed E-state index contributed by atoms with van der Waals surface area (Å²) >= 11 is 0. The number of likely N-dealkylation sites (N-methyl/N-ethyl adjacent to an activating group) is 1. The van der Waals surface area contributed by atoms with Crippen LogP contribution in [0.2, 0.25) is 0 Å². The molecule has 6 nitrogen and oxygen atoms in total. The monoisotopic (exact) mass is 348 g/mol. The quantitative estimate of drug-likeness (QED) is 0.769. The Morgan fingerprint density at radius 2 is 1.81 bits per heavy atom. The number of aromatic nitrogens is 2. The molecule has 0 unspecified atom stereocenters. The fourth-order valence-corrected chi connectivity index (χ4v) is 3.27. The number of aromatic amines is 1. The molecule has 1 aliphatic heterocycles. The number of amides is 1. The Bertz CT molecular complexity index is 1020. The van der Waals surface area contributed by atoms with Gasteiger partial charge in [-0.1, -0.05) is 18.2 Å². The van der Waals surface area contributed by atoms with Gasteiger partial charge in [0.25, 0.3) is 11.5 Å². The largest absolute Gasteiger partial charge is 0.336 e. The van der Waals surface area contributed by atoms with Crippen LogP contribution in [-0.2, 0) is 0 Å². The summed E-state index contributed by atoms with van der Waals surface area (Å²) in [5.74, 6) is 0.0558. The first-order valence-corrected chi connectivity index (χ1v) is 8.67. The zero-order chi connectivity index (χ0) is 18.1. The number of rotatable bonds is 2. The predicted molar refractivity (Wildman–Crippen MR) is 101 cm³/mol. The lowest BCUT2D eigenvalue weighted by Crippen LogP contribution is -2.47. The van der Waals surface area contributed by atoms with Crippen molar-refractivity contribution in [3.8, 4) is 11.1 Å². The van der Waals surface area contributed by atoms with Crippen molar-refractivity contribution < 1.29 is 4.79 Å². The van der Waals surface area contributed by atoms with E-state index in [-0.39, 0.29) is 11.5 Å². The number of nitrogens with one attached hydrogen (secondary N) is 1. The van der Waals surface area contributed by atoms with Gasteiger partial charge in [0.2, 0.25) is 0 Å². The second kappa shape index (κ2) is 6.72. The molecule has 2 aromatic carbocycles. The number of carbonyl (C=O) groups is 1. The van der Waals surface area contributed by atoms with Gasteiger partial charge in [0, 0.05) is 31.7 Å². The van der Waals surface area contributed by atoms with Crippen molar-refractivity contribution in [2.45, 2.75) is 0 Å². The molecule has 0 bridgehead atoms. The molecule has 26 heavy (non-hydrogen) atoms. The maximum atomic E-state index is 12.8. The van der Waals surface area contributed by atoms with Crippen molar-refractivity contribution in [3.05, 3.63) is 64.7 Å². The number of piperazine rings is 1. The second-order valence-corrected chi connectivity index (χ2v) is 6.64. The molecule has 1 fully saturated rings. The minimum Gasteiger partial charge on any atom is -0.336 e. The summed E-state index contributed by atoms with van der Waals surface area (Å²) < 4.78 is 0. The molecule has 2 heterocycles. The molecule has 132 valence electrons. The molecule has 3 aromatic rings. The number of benzene rings is 2. The van der Waals surface area contributed by atoms with Gasteiger partial charge in [0.05, 0.1) is 17.2 Å². The van der Waals surface area contributed by atoms with Gasteiger partial charge in [-0.3, -0.25) is 9.59 Å². The van der Waals surface area contributed by atoms with Crippen molar-refractivity contribution in [2.24, 2.45) is 0 Å². The summed E-state index contributed by atoms with van der Waals surface area (Å²) in [6.07, 6.45) is 1.40. The van der Waals surface area contributed by atoms with Crippen LogP contribution in [0.3, 0.4) is 0 Å². The first-order valence-electron chi connectivity index (χ1n) is 8.67. The van der Waals surface area contributed by atoms with E-state index in [1.807, 2.05) is 47.4 Å². The minimum atomic E-state index is -0.165. The topological polar surface area (TPSA) is 69.3 Å². The van der Waals surface area contributed by atoms with Gasteiger partial charge in [-0.25, -0.2) is 4.98 Å². The van der Waals surface area contributed by atoms with Gasteiger partial charge in [0.1, 0.15) is 0 Å². The van der Waals surface area contributed by atoms with Crippen molar-refractivity contribution in [1.29, 1.82) is 0 Å². The number of H-pyrrole nitrogens is 1. The first-order chi connectivity index (χ1) is 12.6. The van der Waals surface area contributed by atoms with Crippen LogP contribution in [0.5, 0.6) is 0 Å². The average Bonchev–Trinajstić information content (AvgIpc) is 2.68. The normalized spacial score (nSPS) is 15.3. The average molecular weight is 348 g/mol. The molecule has 0 spiro atoms. The summed E-state index contributed by atoms with van der Waals surface area (Å²) in [6.45, 7) is 3.28. The molecule has 1 amide bonds. The number of fused-ring (bicyclic) bond motifs is 1. The lowest BCUT2D eigenvalue weighted by molar-refractivity contribution is 0.0664. The van der Waals surface area contributed by atoms with Crippen LogP contribution in [-0.4, -0.2) is 58.9 Å². The standard InChI is InChI=1S/C20H20N4O2/c1-23-7-9-24(10-8-23)20(26)16-4-2-3-14(11-16)15-5-6-18-17(12-15)19(25)22-13-21-18/h2-6,11-13H,7-10H2,1H3,(H,21,22,25). The molecule has 1 saturated heterocycles. The van der Waals surface area contributed by atoms with Gasteiger partial charge >= 0.3 is 0 Å². The fraction of sp³-hybridized carbons (Fsp3) is 0.250. The Hall–Kier alpha value is -2.99. The van der Waals surface area contributed by atoms with E-state index in [0.717, 1.165) is 37.3 Å². The summed E-state index contributed by atoms with van der Waals surface area (Å²) in [6, 6.07) is 13.2. The van der Waals surface area contributed by atoms with E-state index in [1.165, 1.54) is 6.33 Å². The Kier molecular flexibility index (Phi) is 4.26. The smallest absolute Gasteiger partial charge is 0.258 e. The van der Waals surface area contributed by atoms with Crippen molar-refractivity contribution in [1.82, 2.24) is 19.8 Å². The Balaban J connectivity index is 1.66. The second-order valence-electron chi connectivity index (χ2n) is 6.64. The minimum absolute atomic E-state index is 0.0558. The summed E-state index contributed by atoms with van der Waals surface area (Å²) in [5, 5.41) is 0.542. The Morgan fingerprint density at radius 1 is 1.04 bits per heavy atom. The zero-order valence-electron chi connectivity index (χ0n) is 14.6. The lowest BCUT2D eigenvalue weighted by Gasteiger charge is -2.32. The van der Waals surface area contributed by atoms with E-state index in [2.05, 4.69) is 21.9 Å². The molecule has 0 aliphatic carbocycles. The molecule has 4 rings (SSSR count). The van der Waals surface area contributed by atoms with E-state index in [1.54, 1.807) is 0 Å². The molecular weight excluding hydrogens is 328 g/mol. The highest BCUT2D eigenvalue weighted by atomic mass is 16.2. The maximum Gasteiger partial charge on any atom is 0.258 e. The SMILES string of the molecule is CN1CCN(C(=O)c2cccc(-c3ccc4nc[nH]c(=O)c4c3)c2)CC1. The number of nitrogens with zero attached hydrogens (tertiary/aromatic N) is 3. The van der Waals surface area contributed by atoms with Crippen molar-refractivity contribution in [3.63, 3.8) is 0 Å². The number of carbonyl (C=O) groups excluding carboxylic acids is 1. The van der Waals surface area contributed by atoms with Gasteiger partial charge < -0.3 is 14.8 Å². The van der Waals surface area contributed by atoms with E-state index in [4.69, 9.17) is 0 Å². The van der Waals surface area contributed by atoms with Gasteiger partial charge in [-0.15, -0.1) is 0 Å². The van der Waals surface area contributed by atoms with Crippen LogP contribution in [0.15, 0.2) is 53.6 Å². The third kappa shape index (κ3) is 3.11. The van der Waals surface area contributed by atoms with Crippen molar-refractivity contribution in [2.75, 3.05) is 33.2 Å². The van der Waals surface area contributed by atoms with Gasteiger partial charge in [-0.2, -0.15) is 0 Å². The highest BCUT2D eigenvalue weighted by molar-refractivity contribution is 5.96. The van der Waals surface area contributed by atoms with Crippen molar-refractivity contribution >= 4 is 16.8 Å². The summed E-state index contributed by atoms with van der Waals surface area (Å²) in [5.41, 5.74) is 2.97. The van der Waals surface area contributed by atoms with Crippen LogP contribution in [0.1, 0.15) is 10.4 Å². The summed E-state index contributed by atoms with van der Waals surface area (Å²) in [7, 11) is 2.07. The molecule has 1 aromatic heterocycles. The molecular formula is C20H20N4O2. The molecule has 1 N–H and O–H groups in total. The number of hydrogen-bond acceptors (Lipinski definition) is 4. The maximum absolute atomic E-state index is 12.8. The molecule has 1 aliphatic rings. The molecule has 0 atom stereocenters. The summed E-state index contributed by atoms with van der Waals surface area (Å²) in [4.78, 5) is 35.7. The number of hydrogen-bond donors (Lipinski definition) is 1. The predicted octanol–water partition coefficient (Wildman–Crippen LogP) is 1.98. The molecule has 6 heteroatoms. The Labute approximate surface area is 151 Å².